The number of aromatic nitrogens is 2. The van der Waals surface area contributed by atoms with E-state index in [9.17, 15) is 10.1 Å². The standard InChI is InChI=1S/C27H15N5S4.C13H13NO2S2.C7H4N2S.2CH4/c1-4-9-32-21-12-18(10-16(14-28)23-7-8-25(31-3)36-23)34-26(21)27-22(32)13-19(35-27)11-20(30-2)24-6-5-17(15-29)33-24;1-3-4-14-9-5-8(7-15)17-12(9)13-10(14)6-11(16-2)18-13;1-9-7-3-2-6(10-7)4-5-8;;/h5-8,10-13H,4,9H2,1H3;5-7H,3-4H2,1-2H3;2-3H,4H2;2*1H4/b16-10+,20-11-;;;;. The molecule has 0 atom stereocenters. The maximum absolute atomic E-state index is 10.9. The largest absolute Gasteiger partial charge is 0.487 e. The van der Waals surface area contributed by atoms with E-state index in [1.54, 1.807) is 70.7 Å². The van der Waals surface area contributed by atoms with Crippen molar-refractivity contribution in [1.82, 2.24) is 9.13 Å². The molecule has 0 unspecified atom stereocenters. The molecule has 10 nitrogen and oxygen atoms in total. The molecule has 0 aliphatic carbocycles. The van der Waals surface area contributed by atoms with E-state index in [1.165, 1.54) is 63.8 Å². The van der Waals surface area contributed by atoms with Crippen LogP contribution in [0.2, 0.25) is 0 Å². The number of fused-ring (bicyclic) bond motifs is 6. The summed E-state index contributed by atoms with van der Waals surface area (Å²) in [5.41, 5.74) is 5.79. The maximum atomic E-state index is 10.9. The van der Waals surface area contributed by atoms with E-state index in [4.69, 9.17) is 35.0 Å². The molecule has 0 spiro atoms. The topological polar surface area (TPSA) is 121 Å². The van der Waals surface area contributed by atoms with Crippen LogP contribution in [0.1, 0.15) is 80.5 Å². The minimum atomic E-state index is 0. The van der Waals surface area contributed by atoms with Crippen molar-refractivity contribution in [2.75, 3.05) is 7.11 Å². The Balaban J connectivity index is 0.000000225. The zero-order chi connectivity index (χ0) is 45.3. The number of aldehydes is 1. The Morgan fingerprint density at radius 3 is 1.73 bits per heavy atom. The van der Waals surface area contributed by atoms with Crippen molar-refractivity contribution in [3.8, 4) is 23.3 Å². The SMILES string of the molecule is C.C.CCCn1c2cc(C=O)sc2c2sc(OC)cc21.[C-]#[N+]/C(=C\c1cc2c(s1)c1sc(/C=C(\C#N)c3ccc([N+]#[C-])s3)cc1n2CCC)c1ccc(C#N)s1.[C-]#[N+]c1ccc(CC#N)s1. The fraction of sp³-hybridized carbons (Fsp3) is 0.204. The van der Waals surface area contributed by atoms with Crippen molar-refractivity contribution in [1.29, 1.82) is 15.8 Å². The monoisotopic (exact) mass is 996 g/mol. The number of rotatable bonds is 11. The molecule has 0 bridgehead atoms. The third kappa shape index (κ3) is 10.6. The Bertz CT molecular complexity index is 3380. The first kappa shape index (κ1) is 50.4. The van der Waals surface area contributed by atoms with E-state index in [2.05, 4.69) is 67.9 Å². The van der Waals surface area contributed by atoms with Crippen LogP contribution >= 0.6 is 79.4 Å². The predicted molar refractivity (Wildman–Crippen MR) is 284 cm³/mol. The van der Waals surface area contributed by atoms with Gasteiger partial charge in [0, 0.05) is 43.5 Å². The van der Waals surface area contributed by atoms with Crippen molar-refractivity contribution in [3.05, 3.63) is 129 Å². The van der Waals surface area contributed by atoms with Gasteiger partial charge in [0.2, 0.25) is 15.7 Å². The summed E-state index contributed by atoms with van der Waals surface area (Å²) in [6.07, 6.45) is 7.21. The number of methoxy groups -OCH3 is 1. The number of hydrogen-bond acceptors (Lipinski definition) is 12. The lowest BCUT2D eigenvalue weighted by molar-refractivity contribution is 0.112. The van der Waals surface area contributed by atoms with Gasteiger partial charge in [0.25, 0.3) is 0 Å². The average Bonchev–Trinajstić information content (AvgIpc) is 4.17. The summed E-state index contributed by atoms with van der Waals surface area (Å²) in [6.45, 7) is 27.6. The first-order chi connectivity index (χ1) is 31.2. The van der Waals surface area contributed by atoms with Crippen LogP contribution in [0, 0.1) is 53.7 Å². The van der Waals surface area contributed by atoms with E-state index in [0.29, 0.717) is 32.6 Å². The lowest BCUT2D eigenvalue weighted by Gasteiger charge is -2.02. The van der Waals surface area contributed by atoms with Crippen LogP contribution in [0.15, 0.2) is 60.7 Å². The second kappa shape index (κ2) is 23.0. The van der Waals surface area contributed by atoms with Crippen molar-refractivity contribution in [2.45, 2.75) is 61.1 Å². The van der Waals surface area contributed by atoms with Gasteiger partial charge in [-0.15, -0.1) is 45.3 Å². The normalized spacial score (nSPS) is 10.9. The number of hydrogen-bond donors (Lipinski definition) is 0. The third-order valence-electron chi connectivity index (χ3n) is 9.43. The molecule has 0 saturated carbocycles. The molecule has 66 heavy (non-hydrogen) atoms. The highest BCUT2D eigenvalue weighted by Crippen LogP contribution is 2.44. The van der Waals surface area contributed by atoms with Gasteiger partial charge in [-0.05, 0) is 61.4 Å². The average molecular weight is 997 g/mol. The summed E-state index contributed by atoms with van der Waals surface area (Å²) in [5, 5.41) is 29.3. The molecule has 330 valence electrons. The van der Waals surface area contributed by atoms with Crippen molar-refractivity contribution >= 4 is 160 Å². The fourth-order valence-electron chi connectivity index (χ4n) is 6.76. The molecule has 0 N–H and O–H groups in total. The highest BCUT2D eigenvalue weighted by molar-refractivity contribution is 7.29. The summed E-state index contributed by atoms with van der Waals surface area (Å²) in [6, 6.07) is 25.5. The second-order valence-electron chi connectivity index (χ2n) is 13.5. The summed E-state index contributed by atoms with van der Waals surface area (Å²) >= 11 is 10.6. The first-order valence-corrected chi connectivity index (χ1v) is 25.1. The van der Waals surface area contributed by atoms with Crippen LogP contribution in [-0.4, -0.2) is 22.5 Å². The van der Waals surface area contributed by atoms with Crippen LogP contribution < -0.4 is 4.74 Å². The van der Waals surface area contributed by atoms with Gasteiger partial charge >= 0.3 is 0 Å². The number of carbonyl (C=O) groups is 1. The third-order valence-corrected chi connectivity index (χ3v) is 17.0. The molecule has 0 aliphatic heterocycles. The van der Waals surface area contributed by atoms with Crippen LogP contribution in [0.25, 0.3) is 78.8 Å². The number of nitrogens with zero attached hydrogens (tertiary/aromatic N) is 8. The molecule has 0 fully saturated rings. The molecule has 9 aromatic heterocycles. The van der Waals surface area contributed by atoms with Crippen LogP contribution in [0.4, 0.5) is 10.0 Å². The highest BCUT2D eigenvalue weighted by Gasteiger charge is 2.19. The molecule has 0 radical (unpaired) electrons. The molecular formula is C49H40N8O2S7. The van der Waals surface area contributed by atoms with E-state index in [-0.39, 0.29) is 14.9 Å². The van der Waals surface area contributed by atoms with E-state index in [1.807, 2.05) is 42.5 Å². The van der Waals surface area contributed by atoms with Crippen molar-refractivity contribution in [3.63, 3.8) is 0 Å². The summed E-state index contributed by atoms with van der Waals surface area (Å²) < 4.78 is 14.7. The molecule has 9 aromatic rings. The number of nitriles is 3. The Morgan fingerprint density at radius 2 is 1.23 bits per heavy atom. The first-order valence-electron chi connectivity index (χ1n) is 19.4. The second-order valence-corrected chi connectivity index (χ2v) is 21.1. The number of aryl methyl sites for hydroxylation is 2. The lowest BCUT2D eigenvalue weighted by Crippen LogP contribution is -1.94. The van der Waals surface area contributed by atoms with Gasteiger partial charge in [0.15, 0.2) is 11.3 Å². The fourth-order valence-corrected chi connectivity index (χ4v) is 13.5. The number of ether oxygens (including phenoxy) is 1. The predicted octanol–water partition coefficient (Wildman–Crippen LogP) is 17.1. The summed E-state index contributed by atoms with van der Waals surface area (Å²) in [7, 11) is 1.69. The van der Waals surface area contributed by atoms with Crippen molar-refractivity contribution < 1.29 is 9.53 Å². The quantitative estimate of drug-likeness (QED) is 0.0726. The number of thiophene rings is 7. The number of allylic oxidation sites excluding steroid dienone is 1. The van der Waals surface area contributed by atoms with Gasteiger partial charge in [-0.1, -0.05) is 58.2 Å². The molecule has 9 rings (SSSR count). The number of carbonyl (C=O) groups excluding carboxylic acids is 1. The van der Waals surface area contributed by atoms with Crippen molar-refractivity contribution in [2.24, 2.45) is 0 Å². The van der Waals surface area contributed by atoms with E-state index < -0.39 is 0 Å². The van der Waals surface area contributed by atoms with Crippen LogP contribution in [-0.2, 0) is 19.5 Å². The van der Waals surface area contributed by atoms with Crippen LogP contribution in [0.5, 0.6) is 5.06 Å². The highest BCUT2D eigenvalue weighted by atomic mass is 32.1. The van der Waals surface area contributed by atoms with Gasteiger partial charge in [0.05, 0.1) is 90.6 Å². The molecule has 0 saturated heterocycles. The van der Waals surface area contributed by atoms with Gasteiger partial charge in [-0.3, -0.25) is 4.79 Å². The minimum absolute atomic E-state index is 0. The molecule has 0 aliphatic rings. The Labute approximate surface area is 411 Å². The Kier molecular flexibility index (Phi) is 17.6. The Morgan fingerprint density at radius 1 is 0.682 bits per heavy atom. The minimum Gasteiger partial charge on any atom is -0.487 e. The van der Waals surface area contributed by atoms with E-state index in [0.717, 1.165) is 77.6 Å². The maximum Gasteiger partial charge on any atom is 0.241 e. The van der Waals surface area contributed by atoms with Gasteiger partial charge in [-0.2, -0.15) is 38.5 Å². The molecule has 17 heteroatoms. The van der Waals surface area contributed by atoms with Gasteiger partial charge in [0.1, 0.15) is 17.0 Å². The van der Waals surface area contributed by atoms with Gasteiger partial charge < -0.3 is 13.9 Å². The molecule has 9 heterocycles. The molecule has 0 aromatic carbocycles. The summed E-state index contributed by atoms with van der Waals surface area (Å²) in [4.78, 5) is 27.3. The van der Waals surface area contributed by atoms with Crippen LogP contribution in [0.3, 0.4) is 0 Å². The zero-order valence-corrected chi connectivity index (χ0v) is 40.0. The molecule has 0 amide bonds. The smallest absolute Gasteiger partial charge is 0.241 e. The van der Waals surface area contributed by atoms with E-state index >= 15 is 0 Å². The van der Waals surface area contributed by atoms with Gasteiger partial charge in [-0.25, -0.2) is 14.5 Å². The lowest BCUT2D eigenvalue weighted by atomic mass is 10.2. The zero-order valence-electron chi connectivity index (χ0n) is 34.3. The summed E-state index contributed by atoms with van der Waals surface area (Å²) in [5.74, 6) is 0. The molecular weight excluding hydrogens is 957 g/mol. The Hall–Kier alpha value is -6.61.